The van der Waals surface area contributed by atoms with Crippen molar-refractivity contribution in [3.8, 4) is 67.3 Å². The van der Waals surface area contributed by atoms with Crippen LogP contribution in [0.5, 0.6) is 0 Å². The molecule has 9 rings (SSSR count). The minimum Gasteiger partial charge on any atom is -0.228 e. The van der Waals surface area contributed by atoms with Gasteiger partial charge in [0.05, 0.1) is 11.4 Å². The Hall–Kier alpha value is -6.12. The van der Waals surface area contributed by atoms with Crippen LogP contribution in [0.1, 0.15) is 25.0 Å². The molecule has 0 N–H and O–H groups in total. The minimum absolute atomic E-state index is 0.250. The molecule has 0 spiro atoms. The zero-order valence-corrected chi connectivity index (χ0v) is 27.6. The molecule has 0 aliphatic heterocycles. The number of benzene rings is 7. The van der Waals surface area contributed by atoms with Gasteiger partial charge in [0, 0.05) is 27.7 Å². The summed E-state index contributed by atoms with van der Waals surface area (Å²) >= 11 is 0. The Morgan fingerprint density at radius 2 is 0.816 bits per heavy atom. The maximum atomic E-state index is 5.38. The molecule has 1 aromatic heterocycles. The van der Waals surface area contributed by atoms with Crippen LogP contribution in [0.15, 0.2) is 170 Å². The number of nitrogens with zero attached hydrogens (tertiary/aromatic N) is 2. The van der Waals surface area contributed by atoms with E-state index in [1.807, 2.05) is 0 Å². The normalized spacial score (nSPS) is 12.9. The summed E-state index contributed by atoms with van der Waals surface area (Å²) in [4.78, 5) is 10.7. The van der Waals surface area contributed by atoms with E-state index in [1.54, 1.807) is 0 Å². The van der Waals surface area contributed by atoms with Gasteiger partial charge in [0.15, 0.2) is 5.82 Å². The van der Waals surface area contributed by atoms with Crippen molar-refractivity contribution in [2.45, 2.75) is 19.3 Å². The lowest BCUT2D eigenvalue weighted by atomic mass is 9.80. The fraction of sp³-hybridized carbons (Fsp3) is 0.0638. The summed E-state index contributed by atoms with van der Waals surface area (Å²) in [5.41, 5.74) is 14.7. The van der Waals surface area contributed by atoms with Crippen LogP contribution in [0.25, 0.3) is 78.1 Å². The van der Waals surface area contributed by atoms with Gasteiger partial charge in [0.25, 0.3) is 0 Å². The first-order valence-electron chi connectivity index (χ1n) is 16.9. The molecule has 1 aliphatic carbocycles. The molecule has 7 aromatic carbocycles. The molecule has 0 bridgehead atoms. The molecule has 2 nitrogen and oxygen atoms in total. The zero-order valence-electron chi connectivity index (χ0n) is 27.6. The molecular weight excluding hydrogens is 593 g/mol. The highest BCUT2D eigenvalue weighted by Crippen LogP contribution is 2.52. The second-order valence-electron chi connectivity index (χ2n) is 13.5. The van der Waals surface area contributed by atoms with Crippen molar-refractivity contribution in [3.63, 3.8) is 0 Å². The molecule has 0 radical (unpaired) electrons. The van der Waals surface area contributed by atoms with Crippen LogP contribution in [0.3, 0.4) is 0 Å². The Morgan fingerprint density at radius 3 is 1.47 bits per heavy atom. The first kappa shape index (κ1) is 29.1. The first-order valence-corrected chi connectivity index (χ1v) is 16.9. The highest BCUT2D eigenvalue weighted by Gasteiger charge is 2.40. The summed E-state index contributed by atoms with van der Waals surface area (Å²) < 4.78 is 0. The molecule has 0 atom stereocenters. The van der Waals surface area contributed by atoms with Crippen LogP contribution in [0.4, 0.5) is 0 Å². The van der Waals surface area contributed by atoms with Gasteiger partial charge in [-0.2, -0.15) is 0 Å². The van der Waals surface area contributed by atoms with Gasteiger partial charge in [-0.25, -0.2) is 9.97 Å². The standard InChI is InChI=1S/C47H34N2/c1-47(2)42-30-39-18-10-9-17-38(39)29-41(42)45-43(47)44(34-15-7-4-8-16-34)48-46(49-45)40-22-12-21-37(28-40)36-20-11-19-35(27-36)33-25-23-32(24-26-33)31-13-5-3-6-14-31/h3-30H,1-2H3. The Kier molecular flexibility index (Phi) is 6.84. The van der Waals surface area contributed by atoms with Crippen molar-refractivity contribution in [1.29, 1.82) is 0 Å². The average molecular weight is 627 g/mol. The molecule has 2 heteroatoms. The van der Waals surface area contributed by atoms with E-state index in [4.69, 9.17) is 9.97 Å². The summed E-state index contributed by atoms with van der Waals surface area (Å²) in [6, 6.07) is 60.7. The van der Waals surface area contributed by atoms with E-state index in [0.717, 1.165) is 39.5 Å². The Labute approximate surface area is 287 Å². The molecule has 49 heavy (non-hydrogen) atoms. The van der Waals surface area contributed by atoms with Gasteiger partial charge in [-0.1, -0.05) is 159 Å². The van der Waals surface area contributed by atoms with Gasteiger partial charge in [0.2, 0.25) is 0 Å². The molecule has 1 heterocycles. The van der Waals surface area contributed by atoms with Gasteiger partial charge in [0.1, 0.15) is 0 Å². The lowest BCUT2D eigenvalue weighted by molar-refractivity contribution is 0.658. The second-order valence-corrected chi connectivity index (χ2v) is 13.5. The van der Waals surface area contributed by atoms with E-state index in [0.29, 0.717) is 0 Å². The monoisotopic (exact) mass is 626 g/mol. The fourth-order valence-electron chi connectivity index (χ4n) is 7.47. The third kappa shape index (κ3) is 5.05. The highest BCUT2D eigenvalue weighted by atomic mass is 14.9. The summed E-state index contributed by atoms with van der Waals surface area (Å²) in [7, 11) is 0. The number of hydrogen-bond acceptors (Lipinski definition) is 2. The smallest absolute Gasteiger partial charge is 0.160 e. The van der Waals surface area contributed by atoms with Crippen molar-refractivity contribution >= 4 is 10.8 Å². The van der Waals surface area contributed by atoms with E-state index in [1.165, 1.54) is 49.7 Å². The van der Waals surface area contributed by atoms with E-state index in [9.17, 15) is 0 Å². The van der Waals surface area contributed by atoms with Gasteiger partial charge in [-0.3, -0.25) is 0 Å². The quantitative estimate of drug-likeness (QED) is 0.190. The highest BCUT2D eigenvalue weighted by molar-refractivity contribution is 5.95. The predicted octanol–water partition coefficient (Wildman–Crippen LogP) is 12.3. The Bertz CT molecular complexity index is 2490. The van der Waals surface area contributed by atoms with Crippen molar-refractivity contribution in [3.05, 3.63) is 181 Å². The second kappa shape index (κ2) is 11.5. The molecule has 1 aliphatic rings. The SMILES string of the molecule is CC1(C)c2cc3ccccc3cc2-c2nc(-c3cccc(-c4cccc(-c5ccc(-c6ccccc6)cc5)c4)c3)nc(-c3ccccc3)c21. The number of aromatic nitrogens is 2. The van der Waals surface area contributed by atoms with Crippen molar-refractivity contribution in [2.75, 3.05) is 0 Å². The average Bonchev–Trinajstić information content (AvgIpc) is 3.39. The van der Waals surface area contributed by atoms with E-state index >= 15 is 0 Å². The molecular formula is C47H34N2. The van der Waals surface area contributed by atoms with Crippen LogP contribution in [-0.2, 0) is 5.41 Å². The molecule has 0 unspecified atom stereocenters. The van der Waals surface area contributed by atoms with Gasteiger partial charge >= 0.3 is 0 Å². The molecule has 0 saturated heterocycles. The predicted molar refractivity (Wildman–Crippen MR) is 204 cm³/mol. The maximum absolute atomic E-state index is 5.38. The van der Waals surface area contributed by atoms with E-state index in [-0.39, 0.29) is 5.41 Å². The van der Waals surface area contributed by atoms with Crippen molar-refractivity contribution < 1.29 is 0 Å². The van der Waals surface area contributed by atoms with Crippen LogP contribution >= 0.6 is 0 Å². The molecule has 8 aromatic rings. The molecule has 0 fully saturated rings. The van der Waals surface area contributed by atoms with Gasteiger partial charge in [-0.15, -0.1) is 0 Å². The van der Waals surface area contributed by atoms with Gasteiger partial charge < -0.3 is 0 Å². The largest absolute Gasteiger partial charge is 0.228 e. The number of hydrogen-bond donors (Lipinski definition) is 0. The number of fused-ring (bicyclic) bond motifs is 4. The number of rotatable bonds is 5. The minimum atomic E-state index is -0.250. The van der Waals surface area contributed by atoms with Crippen molar-refractivity contribution in [1.82, 2.24) is 9.97 Å². The van der Waals surface area contributed by atoms with Gasteiger partial charge in [-0.05, 0) is 74.0 Å². The maximum Gasteiger partial charge on any atom is 0.160 e. The van der Waals surface area contributed by atoms with E-state index in [2.05, 4.69) is 184 Å². The third-order valence-corrected chi connectivity index (χ3v) is 10.0. The van der Waals surface area contributed by atoms with Crippen LogP contribution in [0, 0.1) is 0 Å². The van der Waals surface area contributed by atoms with Crippen LogP contribution in [-0.4, -0.2) is 9.97 Å². The molecule has 0 amide bonds. The summed E-state index contributed by atoms with van der Waals surface area (Å²) in [6.07, 6.45) is 0. The lowest BCUT2D eigenvalue weighted by Crippen LogP contribution is -2.17. The molecule has 0 saturated carbocycles. The Balaban J connectivity index is 1.15. The van der Waals surface area contributed by atoms with Crippen LogP contribution < -0.4 is 0 Å². The first-order chi connectivity index (χ1) is 24.0. The fourth-order valence-corrected chi connectivity index (χ4v) is 7.47. The van der Waals surface area contributed by atoms with E-state index < -0.39 is 0 Å². The topological polar surface area (TPSA) is 25.8 Å². The van der Waals surface area contributed by atoms with Crippen LogP contribution in [0.2, 0.25) is 0 Å². The zero-order chi connectivity index (χ0) is 33.0. The summed E-state index contributed by atoms with van der Waals surface area (Å²) in [5.74, 6) is 0.740. The summed E-state index contributed by atoms with van der Waals surface area (Å²) in [5, 5.41) is 2.47. The lowest BCUT2D eigenvalue weighted by Gasteiger charge is -2.24. The molecule has 232 valence electrons. The Morgan fingerprint density at radius 1 is 0.367 bits per heavy atom. The summed E-state index contributed by atoms with van der Waals surface area (Å²) in [6.45, 7) is 4.62. The van der Waals surface area contributed by atoms with Crippen molar-refractivity contribution in [2.24, 2.45) is 0 Å². The third-order valence-electron chi connectivity index (χ3n) is 10.0.